The molecule has 1 aromatic heterocycles. The van der Waals surface area contributed by atoms with Crippen LogP contribution in [0.2, 0.25) is 0 Å². The lowest BCUT2D eigenvalue weighted by Gasteiger charge is -2.12. The molecule has 1 saturated heterocycles. The normalized spacial score (nSPS) is 17.6. The SMILES string of the molecule is CC(=O)c1c(C)n(CC(=O)NC[C@@H]2CCCO2)c2ccccc12. The number of nitrogens with one attached hydrogen (secondary N) is 1. The number of rotatable bonds is 5. The van der Waals surface area contributed by atoms with Gasteiger partial charge in [0.05, 0.1) is 6.10 Å². The van der Waals surface area contributed by atoms with E-state index in [0.717, 1.165) is 36.0 Å². The van der Waals surface area contributed by atoms with Crippen LogP contribution in [0.4, 0.5) is 0 Å². The number of carbonyl (C=O) groups is 2. The van der Waals surface area contributed by atoms with E-state index in [2.05, 4.69) is 5.32 Å². The Morgan fingerprint density at radius 2 is 2.13 bits per heavy atom. The lowest BCUT2D eigenvalue weighted by molar-refractivity contribution is -0.122. The molecule has 0 spiro atoms. The van der Waals surface area contributed by atoms with Gasteiger partial charge in [-0.3, -0.25) is 9.59 Å². The summed E-state index contributed by atoms with van der Waals surface area (Å²) < 4.78 is 7.43. The molecule has 1 amide bonds. The molecule has 5 heteroatoms. The molecule has 0 aliphatic carbocycles. The minimum Gasteiger partial charge on any atom is -0.376 e. The van der Waals surface area contributed by atoms with Crippen molar-refractivity contribution in [2.75, 3.05) is 13.2 Å². The first-order chi connectivity index (χ1) is 11.1. The van der Waals surface area contributed by atoms with Crippen LogP contribution in [0.5, 0.6) is 0 Å². The van der Waals surface area contributed by atoms with Gasteiger partial charge in [0.1, 0.15) is 6.54 Å². The smallest absolute Gasteiger partial charge is 0.240 e. The van der Waals surface area contributed by atoms with Gasteiger partial charge in [-0.1, -0.05) is 18.2 Å². The van der Waals surface area contributed by atoms with Gasteiger partial charge in [0.2, 0.25) is 5.91 Å². The minimum absolute atomic E-state index is 0.0252. The van der Waals surface area contributed by atoms with Crippen molar-refractivity contribution in [1.29, 1.82) is 0 Å². The molecule has 1 N–H and O–H groups in total. The van der Waals surface area contributed by atoms with E-state index in [-0.39, 0.29) is 24.3 Å². The van der Waals surface area contributed by atoms with Gasteiger partial charge >= 0.3 is 0 Å². The molecule has 1 aromatic carbocycles. The highest BCUT2D eigenvalue weighted by atomic mass is 16.5. The number of amides is 1. The number of carbonyl (C=O) groups excluding carboxylic acids is 2. The van der Waals surface area contributed by atoms with Gasteiger partial charge in [-0.2, -0.15) is 0 Å². The Kier molecular flexibility index (Phi) is 4.48. The molecule has 5 nitrogen and oxygen atoms in total. The number of aromatic nitrogens is 1. The van der Waals surface area contributed by atoms with Crippen LogP contribution in [0.3, 0.4) is 0 Å². The van der Waals surface area contributed by atoms with Gasteiger partial charge in [0.15, 0.2) is 5.78 Å². The predicted molar refractivity (Wildman–Crippen MR) is 88.7 cm³/mol. The molecule has 0 radical (unpaired) electrons. The second-order valence-electron chi connectivity index (χ2n) is 6.06. The fourth-order valence-electron chi connectivity index (χ4n) is 3.31. The Hall–Kier alpha value is -2.14. The number of hydrogen-bond donors (Lipinski definition) is 1. The van der Waals surface area contributed by atoms with E-state index in [1.807, 2.05) is 35.8 Å². The maximum atomic E-state index is 12.3. The molecule has 1 atom stereocenters. The summed E-state index contributed by atoms with van der Waals surface area (Å²) in [5, 5.41) is 3.84. The lowest BCUT2D eigenvalue weighted by Crippen LogP contribution is -2.34. The monoisotopic (exact) mass is 314 g/mol. The Morgan fingerprint density at radius 3 is 2.83 bits per heavy atom. The highest BCUT2D eigenvalue weighted by Gasteiger charge is 2.20. The van der Waals surface area contributed by atoms with E-state index in [1.54, 1.807) is 6.92 Å². The van der Waals surface area contributed by atoms with E-state index in [1.165, 1.54) is 0 Å². The van der Waals surface area contributed by atoms with Crippen LogP contribution in [-0.2, 0) is 16.1 Å². The van der Waals surface area contributed by atoms with Crippen molar-refractivity contribution in [2.45, 2.75) is 39.3 Å². The predicted octanol–water partition coefficient (Wildman–Crippen LogP) is 2.45. The van der Waals surface area contributed by atoms with Gasteiger partial charge in [0, 0.05) is 35.3 Å². The standard InChI is InChI=1S/C18H22N2O3/c1-12-18(13(2)21)15-7-3-4-8-16(15)20(12)11-17(22)19-10-14-6-5-9-23-14/h3-4,7-8,14H,5-6,9-11H2,1-2H3,(H,19,22)/t14-/m0/s1. The minimum atomic E-state index is -0.0561. The van der Waals surface area contributed by atoms with Crippen molar-refractivity contribution in [3.63, 3.8) is 0 Å². The van der Waals surface area contributed by atoms with Crippen molar-refractivity contribution in [2.24, 2.45) is 0 Å². The topological polar surface area (TPSA) is 60.3 Å². The van der Waals surface area contributed by atoms with Crippen molar-refractivity contribution >= 4 is 22.6 Å². The van der Waals surface area contributed by atoms with E-state index < -0.39 is 0 Å². The molecule has 122 valence electrons. The number of benzene rings is 1. The van der Waals surface area contributed by atoms with Crippen molar-refractivity contribution in [3.8, 4) is 0 Å². The lowest BCUT2D eigenvalue weighted by atomic mass is 10.1. The van der Waals surface area contributed by atoms with Crippen LogP contribution < -0.4 is 5.32 Å². The van der Waals surface area contributed by atoms with Crippen molar-refractivity contribution < 1.29 is 14.3 Å². The largest absolute Gasteiger partial charge is 0.376 e. The molecule has 2 heterocycles. The zero-order valence-electron chi connectivity index (χ0n) is 13.6. The molecule has 1 fully saturated rings. The average Bonchev–Trinajstić information content (AvgIpc) is 3.12. The van der Waals surface area contributed by atoms with E-state index in [4.69, 9.17) is 4.74 Å². The maximum absolute atomic E-state index is 12.3. The number of hydrogen-bond acceptors (Lipinski definition) is 3. The second-order valence-corrected chi connectivity index (χ2v) is 6.06. The molecule has 0 saturated carbocycles. The van der Waals surface area contributed by atoms with Gasteiger partial charge in [-0.25, -0.2) is 0 Å². The van der Waals surface area contributed by atoms with Gasteiger partial charge in [-0.15, -0.1) is 0 Å². The van der Waals surface area contributed by atoms with Crippen LogP contribution in [0.25, 0.3) is 10.9 Å². The molecular weight excluding hydrogens is 292 g/mol. The molecule has 23 heavy (non-hydrogen) atoms. The molecule has 1 aliphatic rings. The van der Waals surface area contributed by atoms with E-state index in [0.29, 0.717) is 12.1 Å². The van der Waals surface area contributed by atoms with Crippen molar-refractivity contribution in [1.82, 2.24) is 9.88 Å². The summed E-state index contributed by atoms with van der Waals surface area (Å²) in [6.45, 7) is 5.01. The number of para-hydroxylation sites is 1. The Balaban J connectivity index is 1.80. The molecule has 1 aliphatic heterocycles. The van der Waals surface area contributed by atoms with Crippen LogP contribution >= 0.6 is 0 Å². The quantitative estimate of drug-likeness (QED) is 0.862. The third-order valence-electron chi connectivity index (χ3n) is 4.44. The molecule has 0 unspecified atom stereocenters. The number of fused-ring (bicyclic) bond motifs is 1. The summed E-state index contributed by atoms with van der Waals surface area (Å²) in [5.74, 6) is -0.0309. The summed E-state index contributed by atoms with van der Waals surface area (Å²) in [5.41, 5.74) is 2.46. The third kappa shape index (κ3) is 3.15. The number of nitrogens with zero attached hydrogens (tertiary/aromatic N) is 1. The summed E-state index contributed by atoms with van der Waals surface area (Å²) in [4.78, 5) is 24.2. The molecular formula is C18H22N2O3. The van der Waals surface area contributed by atoms with Gasteiger partial charge < -0.3 is 14.6 Å². The van der Waals surface area contributed by atoms with Crippen LogP contribution in [0, 0.1) is 6.92 Å². The van der Waals surface area contributed by atoms with E-state index >= 15 is 0 Å². The maximum Gasteiger partial charge on any atom is 0.240 e. The molecule has 0 bridgehead atoms. The van der Waals surface area contributed by atoms with Crippen LogP contribution in [0.15, 0.2) is 24.3 Å². The van der Waals surface area contributed by atoms with E-state index in [9.17, 15) is 9.59 Å². The fourth-order valence-corrected chi connectivity index (χ4v) is 3.31. The van der Waals surface area contributed by atoms with Gasteiger partial charge in [0.25, 0.3) is 0 Å². The summed E-state index contributed by atoms with van der Waals surface area (Å²) >= 11 is 0. The number of Topliss-reactive ketones (excluding diaryl/α,β-unsaturated/α-hetero) is 1. The fraction of sp³-hybridized carbons (Fsp3) is 0.444. The molecule has 2 aromatic rings. The van der Waals surface area contributed by atoms with Gasteiger partial charge in [-0.05, 0) is 32.8 Å². The highest BCUT2D eigenvalue weighted by molar-refractivity contribution is 6.08. The first-order valence-electron chi connectivity index (χ1n) is 8.05. The molecule has 3 rings (SSSR count). The second kappa shape index (κ2) is 6.54. The Labute approximate surface area is 135 Å². The Bertz CT molecular complexity index is 742. The first kappa shape index (κ1) is 15.7. The number of ketones is 1. The average molecular weight is 314 g/mol. The van der Waals surface area contributed by atoms with Crippen molar-refractivity contribution in [3.05, 3.63) is 35.5 Å². The zero-order valence-corrected chi connectivity index (χ0v) is 13.6. The number of ether oxygens (including phenoxy) is 1. The third-order valence-corrected chi connectivity index (χ3v) is 4.44. The summed E-state index contributed by atoms with van der Waals surface area (Å²) in [7, 11) is 0. The van der Waals surface area contributed by atoms with Crippen LogP contribution in [0.1, 0.15) is 35.8 Å². The first-order valence-corrected chi connectivity index (χ1v) is 8.05. The van der Waals surface area contributed by atoms with Crippen LogP contribution in [-0.4, -0.2) is 35.5 Å². The highest BCUT2D eigenvalue weighted by Crippen LogP contribution is 2.26. The Morgan fingerprint density at radius 1 is 1.35 bits per heavy atom. The zero-order chi connectivity index (χ0) is 16.4. The summed E-state index contributed by atoms with van der Waals surface area (Å²) in [6.07, 6.45) is 2.19. The summed E-state index contributed by atoms with van der Waals surface area (Å²) in [6, 6.07) is 7.71.